The van der Waals surface area contributed by atoms with E-state index in [0.29, 0.717) is 23.3 Å². The molecule has 2 amide bonds. The van der Waals surface area contributed by atoms with E-state index in [1.54, 1.807) is 13.3 Å². The summed E-state index contributed by atoms with van der Waals surface area (Å²) in [7, 11) is 1.60. The number of anilines is 1. The summed E-state index contributed by atoms with van der Waals surface area (Å²) in [6.45, 7) is 4.74. The minimum absolute atomic E-state index is 0.111. The molecule has 0 saturated carbocycles. The van der Waals surface area contributed by atoms with Gasteiger partial charge in [0.05, 0.1) is 25.8 Å². The van der Waals surface area contributed by atoms with Gasteiger partial charge in [-0.05, 0) is 43.2 Å². The van der Waals surface area contributed by atoms with Crippen LogP contribution in [0.1, 0.15) is 23.9 Å². The summed E-state index contributed by atoms with van der Waals surface area (Å²) in [5.74, 6) is 1.84. The number of aryl methyl sites for hydroxylation is 1. The lowest BCUT2D eigenvalue weighted by molar-refractivity contribution is -0.120. The highest BCUT2D eigenvalue weighted by atomic mass is 32.2. The largest absolute Gasteiger partial charge is 0.497 e. The highest BCUT2D eigenvalue weighted by molar-refractivity contribution is 7.99. The Morgan fingerprint density at radius 3 is 2.59 bits per heavy atom. The number of ether oxygens (including phenoxy) is 1. The number of carbonyl (C=O) groups excluding carboxylic acids is 2. The summed E-state index contributed by atoms with van der Waals surface area (Å²) < 4.78 is 7.01. The standard InChI is InChI=1S/C22H26N6O3S/c1-4-28-18(13-24-19(29)12-16-7-9-17(31-3)10-8-16)26-27-22(28)32-14-20(30)25-21-15(2)6-5-11-23-21/h5-11H,4,12-14H2,1-3H3,(H,24,29)(H,23,25,30). The Morgan fingerprint density at radius 1 is 1.12 bits per heavy atom. The molecule has 0 fully saturated rings. The maximum Gasteiger partial charge on any atom is 0.236 e. The van der Waals surface area contributed by atoms with Crippen molar-refractivity contribution in [3.63, 3.8) is 0 Å². The monoisotopic (exact) mass is 454 g/mol. The maximum atomic E-state index is 12.3. The van der Waals surface area contributed by atoms with Crippen LogP contribution in [-0.2, 0) is 29.1 Å². The number of nitrogens with zero attached hydrogens (tertiary/aromatic N) is 4. The Morgan fingerprint density at radius 2 is 1.91 bits per heavy atom. The molecule has 3 rings (SSSR count). The van der Waals surface area contributed by atoms with Crippen LogP contribution in [0.25, 0.3) is 0 Å². The molecule has 0 aliphatic carbocycles. The predicted molar refractivity (Wildman–Crippen MR) is 123 cm³/mol. The molecule has 0 aliphatic rings. The summed E-state index contributed by atoms with van der Waals surface area (Å²) in [6, 6.07) is 11.1. The van der Waals surface area contributed by atoms with Gasteiger partial charge in [0.25, 0.3) is 0 Å². The van der Waals surface area contributed by atoms with E-state index >= 15 is 0 Å². The Kier molecular flexibility index (Phi) is 8.20. The molecule has 0 atom stereocenters. The number of aromatic nitrogens is 4. The third-order valence-electron chi connectivity index (χ3n) is 4.68. The number of rotatable bonds is 10. The molecule has 0 radical (unpaired) electrons. The molecule has 1 aromatic carbocycles. The second kappa shape index (κ2) is 11.3. The van der Waals surface area contributed by atoms with Gasteiger partial charge in [-0.2, -0.15) is 0 Å². The Bertz CT molecular complexity index is 1070. The first-order valence-electron chi connectivity index (χ1n) is 10.2. The molecule has 168 valence electrons. The minimum Gasteiger partial charge on any atom is -0.497 e. The van der Waals surface area contributed by atoms with Crippen LogP contribution < -0.4 is 15.4 Å². The summed E-state index contributed by atoms with van der Waals surface area (Å²) in [5, 5.41) is 14.7. The van der Waals surface area contributed by atoms with E-state index in [4.69, 9.17) is 4.74 Å². The van der Waals surface area contributed by atoms with Gasteiger partial charge in [-0.3, -0.25) is 9.59 Å². The molecule has 2 N–H and O–H groups in total. The van der Waals surface area contributed by atoms with E-state index in [1.807, 2.05) is 54.8 Å². The van der Waals surface area contributed by atoms with Crippen LogP contribution in [0.4, 0.5) is 5.82 Å². The zero-order valence-electron chi connectivity index (χ0n) is 18.3. The van der Waals surface area contributed by atoms with Gasteiger partial charge < -0.3 is 19.9 Å². The van der Waals surface area contributed by atoms with Gasteiger partial charge in [-0.1, -0.05) is 30.0 Å². The van der Waals surface area contributed by atoms with E-state index in [-0.39, 0.29) is 30.5 Å². The smallest absolute Gasteiger partial charge is 0.236 e. The lowest BCUT2D eigenvalue weighted by Crippen LogP contribution is -2.26. The molecule has 0 unspecified atom stereocenters. The summed E-state index contributed by atoms with van der Waals surface area (Å²) in [6.07, 6.45) is 1.90. The van der Waals surface area contributed by atoms with Crippen molar-refractivity contribution in [2.24, 2.45) is 0 Å². The van der Waals surface area contributed by atoms with Crippen molar-refractivity contribution < 1.29 is 14.3 Å². The Hall–Kier alpha value is -3.40. The molecule has 3 aromatic rings. The quantitative estimate of drug-likeness (QED) is 0.453. The van der Waals surface area contributed by atoms with Gasteiger partial charge in [0, 0.05) is 12.7 Å². The first-order valence-corrected chi connectivity index (χ1v) is 11.1. The van der Waals surface area contributed by atoms with Gasteiger partial charge in [0.1, 0.15) is 11.6 Å². The zero-order valence-corrected chi connectivity index (χ0v) is 19.1. The summed E-state index contributed by atoms with van der Waals surface area (Å²) >= 11 is 1.29. The van der Waals surface area contributed by atoms with Crippen molar-refractivity contribution in [2.75, 3.05) is 18.2 Å². The fourth-order valence-corrected chi connectivity index (χ4v) is 3.78. The third kappa shape index (κ3) is 6.30. The fourth-order valence-electron chi connectivity index (χ4n) is 2.96. The van der Waals surface area contributed by atoms with Crippen LogP contribution in [0, 0.1) is 6.92 Å². The second-order valence-electron chi connectivity index (χ2n) is 6.95. The third-order valence-corrected chi connectivity index (χ3v) is 5.64. The average Bonchev–Trinajstić information content (AvgIpc) is 3.20. The van der Waals surface area contributed by atoms with Gasteiger partial charge in [0.15, 0.2) is 11.0 Å². The van der Waals surface area contributed by atoms with E-state index in [9.17, 15) is 9.59 Å². The fraction of sp³-hybridized carbons (Fsp3) is 0.318. The Balaban J connectivity index is 1.51. The van der Waals surface area contributed by atoms with Crippen molar-refractivity contribution in [1.82, 2.24) is 25.1 Å². The number of nitrogens with one attached hydrogen (secondary N) is 2. The summed E-state index contributed by atoms with van der Waals surface area (Å²) in [4.78, 5) is 28.7. The summed E-state index contributed by atoms with van der Waals surface area (Å²) in [5.41, 5.74) is 1.79. The highest BCUT2D eigenvalue weighted by Gasteiger charge is 2.15. The van der Waals surface area contributed by atoms with Crippen molar-refractivity contribution in [3.05, 3.63) is 59.5 Å². The molecular formula is C22H26N6O3S. The van der Waals surface area contributed by atoms with Crippen LogP contribution in [0.3, 0.4) is 0 Å². The topological polar surface area (TPSA) is 111 Å². The number of methoxy groups -OCH3 is 1. The van der Waals surface area contributed by atoms with Gasteiger partial charge >= 0.3 is 0 Å². The van der Waals surface area contributed by atoms with Gasteiger partial charge in [-0.25, -0.2) is 4.98 Å². The molecule has 0 bridgehead atoms. The molecular weight excluding hydrogens is 428 g/mol. The number of amides is 2. The number of hydrogen-bond acceptors (Lipinski definition) is 7. The van der Waals surface area contributed by atoms with Gasteiger partial charge in [0.2, 0.25) is 11.8 Å². The minimum atomic E-state index is -0.170. The van der Waals surface area contributed by atoms with E-state index < -0.39 is 0 Å². The lowest BCUT2D eigenvalue weighted by Gasteiger charge is -2.09. The molecule has 9 nitrogen and oxygen atoms in total. The van der Waals surface area contributed by atoms with E-state index in [2.05, 4.69) is 25.8 Å². The molecule has 10 heteroatoms. The lowest BCUT2D eigenvalue weighted by atomic mass is 10.1. The Labute approximate surface area is 191 Å². The maximum absolute atomic E-state index is 12.3. The van der Waals surface area contributed by atoms with Crippen LogP contribution >= 0.6 is 11.8 Å². The number of carbonyl (C=O) groups is 2. The van der Waals surface area contributed by atoms with Crippen LogP contribution in [-0.4, -0.2) is 44.4 Å². The molecule has 0 spiro atoms. The normalized spacial score (nSPS) is 10.6. The second-order valence-corrected chi connectivity index (χ2v) is 7.89. The van der Waals surface area contributed by atoms with E-state index in [1.165, 1.54) is 11.8 Å². The van der Waals surface area contributed by atoms with Crippen LogP contribution in [0.2, 0.25) is 0 Å². The SMILES string of the molecule is CCn1c(CNC(=O)Cc2ccc(OC)cc2)nnc1SCC(=O)Nc1ncccc1C. The number of thioether (sulfide) groups is 1. The first kappa shape index (κ1) is 23.3. The molecule has 2 aromatic heterocycles. The number of pyridine rings is 1. The van der Waals surface area contributed by atoms with Crippen molar-refractivity contribution in [2.45, 2.75) is 38.5 Å². The molecule has 0 aliphatic heterocycles. The number of benzene rings is 1. The van der Waals surface area contributed by atoms with Gasteiger partial charge in [-0.15, -0.1) is 10.2 Å². The zero-order chi connectivity index (χ0) is 22.9. The van der Waals surface area contributed by atoms with Crippen molar-refractivity contribution in [1.29, 1.82) is 0 Å². The highest BCUT2D eigenvalue weighted by Crippen LogP contribution is 2.18. The van der Waals surface area contributed by atoms with Crippen molar-refractivity contribution in [3.8, 4) is 5.75 Å². The predicted octanol–water partition coefficient (Wildman–Crippen LogP) is 2.60. The van der Waals surface area contributed by atoms with E-state index in [0.717, 1.165) is 16.9 Å². The molecule has 32 heavy (non-hydrogen) atoms. The molecule has 0 saturated heterocycles. The number of hydrogen-bond donors (Lipinski definition) is 2. The average molecular weight is 455 g/mol. The van der Waals surface area contributed by atoms with Crippen LogP contribution in [0.5, 0.6) is 5.75 Å². The van der Waals surface area contributed by atoms with Crippen LogP contribution in [0.15, 0.2) is 47.8 Å². The first-order chi connectivity index (χ1) is 15.5. The van der Waals surface area contributed by atoms with Crippen molar-refractivity contribution >= 4 is 29.4 Å². The molecule has 2 heterocycles.